The Labute approximate surface area is 181 Å². The first kappa shape index (κ1) is 23.0. The van der Waals surface area contributed by atoms with E-state index in [9.17, 15) is 8.42 Å². The topological polar surface area (TPSA) is 83.0 Å². The van der Waals surface area contributed by atoms with Crippen LogP contribution >= 0.6 is 0 Å². The molecule has 1 spiro atoms. The molecule has 30 heavy (non-hydrogen) atoms. The van der Waals surface area contributed by atoms with Gasteiger partial charge in [0.25, 0.3) is 0 Å². The van der Waals surface area contributed by atoms with Gasteiger partial charge < -0.3 is 15.0 Å². The molecule has 0 amide bonds. The third kappa shape index (κ3) is 5.95. The van der Waals surface area contributed by atoms with Crippen LogP contribution in [0.25, 0.3) is 0 Å². The van der Waals surface area contributed by atoms with Crippen molar-refractivity contribution in [2.45, 2.75) is 56.9 Å². The number of ether oxygens (including phenoxy) is 1. The van der Waals surface area contributed by atoms with Crippen molar-refractivity contribution in [1.29, 1.82) is 0 Å². The molecule has 1 saturated heterocycles. The van der Waals surface area contributed by atoms with E-state index in [1.54, 1.807) is 19.2 Å². The molecule has 2 fully saturated rings. The highest BCUT2D eigenvalue weighted by Gasteiger charge is 2.39. The van der Waals surface area contributed by atoms with Crippen LogP contribution in [0, 0.1) is 5.41 Å². The number of hydrogen-bond donors (Lipinski definition) is 2. The summed E-state index contributed by atoms with van der Waals surface area (Å²) in [4.78, 5) is 7.52. The van der Waals surface area contributed by atoms with Crippen molar-refractivity contribution in [2.24, 2.45) is 10.4 Å². The first-order valence-electron chi connectivity index (χ1n) is 11.1. The van der Waals surface area contributed by atoms with Gasteiger partial charge in [0.05, 0.1) is 18.0 Å². The number of nitrogens with one attached hydrogen (secondary N) is 2. The summed E-state index contributed by atoms with van der Waals surface area (Å²) in [5.74, 6) is 0.970. The second-order valence-corrected chi connectivity index (χ2v) is 10.2. The first-order valence-corrected chi connectivity index (χ1v) is 12.6. The van der Waals surface area contributed by atoms with Crippen LogP contribution in [-0.2, 0) is 21.3 Å². The Bertz CT molecular complexity index is 802. The molecule has 0 atom stereocenters. The molecule has 2 aliphatic rings. The van der Waals surface area contributed by atoms with Gasteiger partial charge in [-0.05, 0) is 49.3 Å². The van der Waals surface area contributed by atoms with Crippen molar-refractivity contribution in [3.05, 3.63) is 29.8 Å². The van der Waals surface area contributed by atoms with E-state index in [0.717, 1.165) is 31.2 Å². The normalized spacial score (nSPS) is 19.4. The Kier molecular flexibility index (Phi) is 8.13. The van der Waals surface area contributed by atoms with Gasteiger partial charge in [-0.15, -0.1) is 0 Å². The van der Waals surface area contributed by atoms with Crippen molar-refractivity contribution >= 4 is 16.0 Å². The monoisotopic (exact) mass is 436 g/mol. The minimum Gasteiger partial charge on any atom is -0.383 e. The number of likely N-dealkylation sites (tertiary alicyclic amines) is 1. The van der Waals surface area contributed by atoms with Gasteiger partial charge in [-0.1, -0.05) is 31.4 Å². The van der Waals surface area contributed by atoms with Crippen molar-refractivity contribution in [2.75, 3.05) is 39.9 Å². The zero-order valence-corrected chi connectivity index (χ0v) is 19.1. The number of methoxy groups -OCH3 is 1. The lowest BCUT2D eigenvalue weighted by Gasteiger charge is -2.33. The summed E-state index contributed by atoms with van der Waals surface area (Å²) in [7, 11) is -1.96. The van der Waals surface area contributed by atoms with Gasteiger partial charge >= 0.3 is 0 Å². The molecule has 1 aromatic rings. The molecule has 1 aliphatic heterocycles. The van der Waals surface area contributed by atoms with E-state index < -0.39 is 10.0 Å². The summed E-state index contributed by atoms with van der Waals surface area (Å²) in [6, 6.07) is 6.95. The highest BCUT2D eigenvalue weighted by atomic mass is 32.2. The molecule has 0 aromatic heterocycles. The van der Waals surface area contributed by atoms with Crippen LogP contribution in [0.1, 0.15) is 51.0 Å². The van der Waals surface area contributed by atoms with Crippen LogP contribution in [-0.4, -0.2) is 59.2 Å². The number of aliphatic imine (C=N–C) groups is 1. The smallest absolute Gasteiger partial charge is 0.240 e. The molecule has 1 saturated carbocycles. The fourth-order valence-electron chi connectivity index (χ4n) is 4.55. The Balaban J connectivity index is 1.62. The summed E-state index contributed by atoms with van der Waals surface area (Å²) >= 11 is 0. The largest absolute Gasteiger partial charge is 0.383 e. The SMILES string of the molecule is CCNC(=NCc1ccc(S(=O)(=O)NCCOC)cc1)N1CCC2(CCCCC2)C1. The van der Waals surface area contributed by atoms with Gasteiger partial charge in [-0.25, -0.2) is 18.1 Å². The minimum atomic E-state index is -3.50. The number of nitrogens with zero attached hydrogens (tertiary/aromatic N) is 2. The lowest BCUT2D eigenvalue weighted by Crippen LogP contribution is -2.41. The Hall–Kier alpha value is -1.64. The number of benzene rings is 1. The van der Waals surface area contributed by atoms with Crippen molar-refractivity contribution in [3.8, 4) is 0 Å². The fourth-order valence-corrected chi connectivity index (χ4v) is 5.57. The van der Waals surface area contributed by atoms with Crippen LogP contribution in [0.15, 0.2) is 34.2 Å². The molecule has 0 radical (unpaired) electrons. The standard InChI is InChI=1S/C22H36N4O3S/c1-3-23-21(26-15-13-22(18-26)11-5-4-6-12-22)24-17-19-7-9-20(10-8-19)30(27,28)25-14-16-29-2/h7-10,25H,3-6,11-18H2,1-2H3,(H,23,24). The van der Waals surface area contributed by atoms with Gasteiger partial charge in [-0.3, -0.25) is 0 Å². The average molecular weight is 437 g/mol. The van der Waals surface area contributed by atoms with Gasteiger partial charge in [0.15, 0.2) is 5.96 Å². The molecule has 8 heteroatoms. The summed E-state index contributed by atoms with van der Waals surface area (Å²) in [6.45, 7) is 6.23. The van der Waals surface area contributed by atoms with Crippen LogP contribution in [0.5, 0.6) is 0 Å². The van der Waals surface area contributed by atoms with Crippen LogP contribution in [0.3, 0.4) is 0 Å². The Morgan fingerprint density at radius 2 is 1.90 bits per heavy atom. The van der Waals surface area contributed by atoms with E-state index in [-0.39, 0.29) is 11.4 Å². The molecule has 3 rings (SSSR count). The maximum absolute atomic E-state index is 12.3. The fraction of sp³-hybridized carbons (Fsp3) is 0.682. The molecule has 168 valence electrons. The average Bonchev–Trinajstić information content (AvgIpc) is 3.15. The molecule has 0 unspecified atom stereocenters. The molecular formula is C22H36N4O3S. The zero-order chi connectivity index (χ0) is 21.5. The second-order valence-electron chi connectivity index (χ2n) is 8.44. The zero-order valence-electron chi connectivity index (χ0n) is 18.3. The number of rotatable bonds is 8. The van der Waals surface area contributed by atoms with Gasteiger partial charge in [0.1, 0.15) is 0 Å². The van der Waals surface area contributed by atoms with Gasteiger partial charge in [-0.2, -0.15) is 0 Å². The highest BCUT2D eigenvalue weighted by Crippen LogP contribution is 2.43. The van der Waals surface area contributed by atoms with E-state index in [1.165, 1.54) is 38.5 Å². The van der Waals surface area contributed by atoms with Crippen molar-refractivity contribution in [1.82, 2.24) is 14.9 Å². The van der Waals surface area contributed by atoms with Crippen LogP contribution in [0.2, 0.25) is 0 Å². The maximum atomic E-state index is 12.3. The molecule has 1 heterocycles. The summed E-state index contributed by atoms with van der Waals surface area (Å²) in [5, 5.41) is 3.44. The predicted octanol–water partition coefficient (Wildman–Crippen LogP) is 2.73. The van der Waals surface area contributed by atoms with E-state index in [0.29, 0.717) is 18.6 Å². The summed E-state index contributed by atoms with van der Waals surface area (Å²) < 4.78 is 32.0. The quantitative estimate of drug-likeness (QED) is 0.372. The molecule has 0 bridgehead atoms. The molecule has 1 aliphatic carbocycles. The minimum absolute atomic E-state index is 0.258. The lowest BCUT2D eigenvalue weighted by molar-refractivity contribution is 0.203. The van der Waals surface area contributed by atoms with Crippen molar-refractivity contribution in [3.63, 3.8) is 0 Å². The van der Waals surface area contributed by atoms with E-state index in [4.69, 9.17) is 9.73 Å². The summed E-state index contributed by atoms with van der Waals surface area (Å²) in [6.07, 6.45) is 8.05. The van der Waals surface area contributed by atoms with E-state index in [2.05, 4.69) is 21.9 Å². The van der Waals surface area contributed by atoms with Gasteiger partial charge in [0, 0.05) is 33.3 Å². The van der Waals surface area contributed by atoms with Crippen LogP contribution < -0.4 is 10.0 Å². The maximum Gasteiger partial charge on any atom is 0.240 e. The molecular weight excluding hydrogens is 400 g/mol. The number of guanidine groups is 1. The molecule has 7 nitrogen and oxygen atoms in total. The number of hydrogen-bond acceptors (Lipinski definition) is 4. The Morgan fingerprint density at radius 3 is 2.57 bits per heavy atom. The Morgan fingerprint density at radius 1 is 1.17 bits per heavy atom. The van der Waals surface area contributed by atoms with E-state index >= 15 is 0 Å². The van der Waals surface area contributed by atoms with Crippen molar-refractivity contribution < 1.29 is 13.2 Å². The second kappa shape index (κ2) is 10.6. The molecule has 1 aromatic carbocycles. The first-order chi connectivity index (χ1) is 14.5. The van der Waals surface area contributed by atoms with Gasteiger partial charge in [0.2, 0.25) is 10.0 Å². The third-order valence-corrected chi connectivity index (χ3v) is 7.71. The third-order valence-electron chi connectivity index (χ3n) is 6.23. The lowest BCUT2D eigenvalue weighted by atomic mass is 9.73. The summed E-state index contributed by atoms with van der Waals surface area (Å²) in [5.41, 5.74) is 1.48. The number of sulfonamides is 1. The molecule has 2 N–H and O–H groups in total. The highest BCUT2D eigenvalue weighted by molar-refractivity contribution is 7.89. The van der Waals surface area contributed by atoms with Crippen LogP contribution in [0.4, 0.5) is 0 Å². The predicted molar refractivity (Wildman–Crippen MR) is 120 cm³/mol. The van der Waals surface area contributed by atoms with E-state index in [1.807, 2.05) is 12.1 Å².